The summed E-state index contributed by atoms with van der Waals surface area (Å²) in [6, 6.07) is 30.4. The third-order valence-corrected chi connectivity index (χ3v) is 4.19. The molecule has 0 bridgehead atoms. The van der Waals surface area contributed by atoms with Crippen LogP contribution in [0.3, 0.4) is 0 Å². The molecule has 0 amide bonds. The van der Waals surface area contributed by atoms with Crippen LogP contribution in [-0.4, -0.2) is 0 Å². The van der Waals surface area contributed by atoms with E-state index in [0.29, 0.717) is 0 Å². The van der Waals surface area contributed by atoms with Crippen LogP contribution in [0, 0.1) is 0 Å². The number of benzene rings is 3. The van der Waals surface area contributed by atoms with Gasteiger partial charge in [-0.2, -0.15) is 0 Å². The normalized spacial score (nSPS) is 13.7. The molecular weight excluding hydrogens is 423 g/mol. The van der Waals surface area contributed by atoms with Gasteiger partial charge in [-0.15, -0.1) is 0 Å². The van der Waals surface area contributed by atoms with Crippen molar-refractivity contribution >= 4 is 24.9 Å². The van der Waals surface area contributed by atoms with Gasteiger partial charge in [0.15, 0.2) is 0 Å². The predicted molar refractivity (Wildman–Crippen MR) is 111 cm³/mol. The summed E-state index contributed by atoms with van der Waals surface area (Å²) in [5.41, 5.74) is 5.23. The molecule has 0 aliphatic rings. The molecule has 0 aliphatic carbocycles. The molecule has 0 heterocycles. The molecule has 1 nitrogen and oxygen atoms in total. The second kappa shape index (κ2) is 8.78. The van der Waals surface area contributed by atoms with Crippen molar-refractivity contribution < 1.29 is 30.1 Å². The van der Waals surface area contributed by atoms with Gasteiger partial charge >= 0.3 is 33.0 Å². The first kappa shape index (κ1) is 23.9. The number of quaternary nitrogens is 1. The molecule has 3 aromatic carbocycles. The van der Waals surface area contributed by atoms with Crippen molar-refractivity contribution in [2.24, 2.45) is 0 Å². The fraction of sp³-hybridized carbons (Fsp3) is 0.182. The molecule has 3 aromatic rings. The monoisotopic (exact) mass is 447 g/mol. The minimum absolute atomic E-state index is 1.17. The number of hydrogen-bond donors (Lipinski definition) is 1. The Hall–Kier alpha value is -2.37. The average molecular weight is 447 g/mol. The summed E-state index contributed by atoms with van der Waals surface area (Å²) < 4.78 is 59.2. The van der Waals surface area contributed by atoms with Crippen molar-refractivity contribution in [3.8, 4) is 0 Å². The third kappa shape index (κ3) is 9.90. The molecule has 0 saturated carbocycles. The summed E-state index contributed by atoms with van der Waals surface area (Å²) in [5.74, 6) is 0. The SMILES string of the molecule is CCCCc1ccc([NH+](c2ccccc2)c2ccccc2)cc1.F[P-](F)(F)(F)(F)F. The first-order valence-electron chi connectivity index (χ1n) is 9.47. The molecule has 30 heavy (non-hydrogen) atoms. The number of rotatable bonds is 6. The number of unbranched alkanes of at least 4 members (excludes halogenated alkanes) is 1. The average Bonchev–Trinajstić information content (AvgIpc) is 2.67. The van der Waals surface area contributed by atoms with Crippen LogP contribution in [-0.2, 0) is 6.42 Å². The number of para-hydroxylation sites is 2. The molecular formula is C22H24F6NP. The summed E-state index contributed by atoms with van der Waals surface area (Å²) >= 11 is 0. The Morgan fingerprint density at radius 2 is 0.967 bits per heavy atom. The number of aryl methyl sites for hydroxylation is 1. The van der Waals surface area contributed by atoms with E-state index in [1.807, 2.05) is 0 Å². The van der Waals surface area contributed by atoms with Crippen LogP contribution in [0.1, 0.15) is 25.3 Å². The zero-order chi connectivity index (χ0) is 22.3. The Balaban J connectivity index is 0.000000396. The Morgan fingerprint density at radius 3 is 1.33 bits per heavy atom. The van der Waals surface area contributed by atoms with Gasteiger partial charge in [0.1, 0.15) is 17.1 Å². The van der Waals surface area contributed by atoms with Crippen molar-refractivity contribution in [1.29, 1.82) is 0 Å². The summed E-state index contributed by atoms with van der Waals surface area (Å²) in [6.45, 7) is 2.24. The van der Waals surface area contributed by atoms with E-state index in [2.05, 4.69) is 91.9 Å². The molecule has 8 heteroatoms. The summed E-state index contributed by atoms with van der Waals surface area (Å²) in [4.78, 5) is 1.30. The number of hydrogen-bond acceptors (Lipinski definition) is 0. The van der Waals surface area contributed by atoms with E-state index in [-0.39, 0.29) is 0 Å². The molecule has 1 N–H and O–H groups in total. The Labute approximate surface area is 172 Å². The van der Waals surface area contributed by atoms with Crippen LogP contribution >= 0.6 is 7.81 Å². The predicted octanol–water partition coefficient (Wildman–Crippen LogP) is 8.59. The van der Waals surface area contributed by atoms with Crippen molar-refractivity contribution in [3.63, 3.8) is 0 Å². The molecule has 0 radical (unpaired) electrons. The quantitative estimate of drug-likeness (QED) is 0.285. The van der Waals surface area contributed by atoms with E-state index < -0.39 is 7.81 Å². The summed E-state index contributed by atoms with van der Waals surface area (Å²) in [7, 11) is -10.7. The van der Waals surface area contributed by atoms with Crippen molar-refractivity contribution in [1.82, 2.24) is 0 Å². The van der Waals surface area contributed by atoms with Gasteiger partial charge in [0, 0.05) is 12.1 Å². The molecule has 0 aliphatic heterocycles. The third-order valence-electron chi connectivity index (χ3n) is 4.19. The van der Waals surface area contributed by atoms with Crippen molar-refractivity contribution in [2.45, 2.75) is 26.2 Å². The van der Waals surface area contributed by atoms with Gasteiger partial charge in [-0.05, 0) is 42.7 Å². The second-order valence-electron chi connectivity index (χ2n) is 6.87. The van der Waals surface area contributed by atoms with Gasteiger partial charge in [-0.1, -0.05) is 61.9 Å². The zero-order valence-corrected chi connectivity index (χ0v) is 17.3. The number of nitrogens with one attached hydrogen (secondary N) is 1. The van der Waals surface area contributed by atoms with E-state index >= 15 is 0 Å². The molecule has 0 aromatic heterocycles. The minimum atomic E-state index is -10.7. The van der Waals surface area contributed by atoms with E-state index in [0.717, 1.165) is 0 Å². The van der Waals surface area contributed by atoms with Crippen LogP contribution in [0.25, 0.3) is 0 Å². The van der Waals surface area contributed by atoms with Crippen LogP contribution in [0.2, 0.25) is 0 Å². The number of halogens is 6. The van der Waals surface area contributed by atoms with Crippen LogP contribution < -0.4 is 4.90 Å². The van der Waals surface area contributed by atoms with Crippen LogP contribution in [0.4, 0.5) is 42.2 Å². The van der Waals surface area contributed by atoms with E-state index in [9.17, 15) is 25.2 Å². The first-order valence-corrected chi connectivity index (χ1v) is 11.5. The fourth-order valence-electron chi connectivity index (χ4n) is 2.93. The standard InChI is InChI=1S/C22H23N.F6P/c1-2-3-10-19-15-17-22(18-16-19)23(20-11-6-4-7-12-20)21-13-8-5-9-14-21;1-7(2,3,4,5)6/h4-9,11-18H,2-3,10H2,1H3;/q;-1/p+1. The van der Waals surface area contributed by atoms with Crippen molar-refractivity contribution in [2.75, 3.05) is 0 Å². The molecule has 0 spiro atoms. The van der Waals surface area contributed by atoms with Crippen molar-refractivity contribution in [3.05, 3.63) is 90.5 Å². The van der Waals surface area contributed by atoms with E-state index in [1.54, 1.807) is 0 Å². The Bertz CT molecular complexity index is 860. The van der Waals surface area contributed by atoms with Gasteiger partial charge in [0.25, 0.3) is 0 Å². The maximum absolute atomic E-state index is 10.7. The van der Waals surface area contributed by atoms with Gasteiger partial charge < -0.3 is 0 Å². The molecule has 0 unspecified atom stereocenters. The van der Waals surface area contributed by atoms with Crippen LogP contribution in [0.15, 0.2) is 84.9 Å². The Kier molecular flexibility index (Phi) is 7.00. The molecule has 0 saturated heterocycles. The van der Waals surface area contributed by atoms with E-state index in [1.165, 1.54) is 46.8 Å². The molecule has 0 atom stereocenters. The van der Waals surface area contributed by atoms with Gasteiger partial charge in [0.05, 0.1) is 0 Å². The second-order valence-corrected chi connectivity index (χ2v) is 8.78. The topological polar surface area (TPSA) is 4.44 Å². The molecule has 0 fully saturated rings. The first-order chi connectivity index (χ1) is 13.8. The van der Waals surface area contributed by atoms with E-state index in [4.69, 9.17) is 0 Å². The van der Waals surface area contributed by atoms with Crippen LogP contribution in [0.5, 0.6) is 0 Å². The summed E-state index contributed by atoms with van der Waals surface area (Å²) in [6.07, 6.45) is 3.67. The zero-order valence-electron chi connectivity index (χ0n) is 16.4. The summed E-state index contributed by atoms with van der Waals surface area (Å²) in [5, 5.41) is 0. The Morgan fingerprint density at radius 1 is 0.600 bits per heavy atom. The molecule has 3 rings (SSSR count). The van der Waals surface area contributed by atoms with Gasteiger partial charge in [-0.3, -0.25) is 0 Å². The molecule has 164 valence electrons. The van der Waals surface area contributed by atoms with Gasteiger partial charge in [0.2, 0.25) is 0 Å². The van der Waals surface area contributed by atoms with Gasteiger partial charge in [-0.25, -0.2) is 4.90 Å². The fourth-order valence-corrected chi connectivity index (χ4v) is 2.93. The maximum atomic E-state index is 9.87.